The van der Waals surface area contributed by atoms with Gasteiger partial charge in [-0.1, -0.05) is 65.4 Å². The van der Waals surface area contributed by atoms with Crippen LogP contribution in [0.1, 0.15) is 50.3 Å². The maximum Gasteiger partial charge on any atom is 0.137 e. The molecule has 10 rings (SSSR count). The number of nitrogens with one attached hydrogen (secondary N) is 3. The van der Waals surface area contributed by atoms with Crippen molar-refractivity contribution in [1.29, 1.82) is 0 Å². The summed E-state index contributed by atoms with van der Waals surface area (Å²) in [6, 6.07) is 34.5. The Balaban J connectivity index is 1.31. The van der Waals surface area contributed by atoms with E-state index in [9.17, 15) is 0 Å². The quantitative estimate of drug-likeness (QED) is 0.124. The van der Waals surface area contributed by atoms with Gasteiger partial charge in [0.15, 0.2) is 0 Å². The van der Waals surface area contributed by atoms with E-state index in [2.05, 4.69) is 183 Å². The van der Waals surface area contributed by atoms with Crippen LogP contribution in [0.2, 0.25) is 0 Å². The zero-order chi connectivity index (χ0) is 40.4. The molecule has 5 heteroatoms. The first kappa shape index (κ1) is 35.9. The van der Waals surface area contributed by atoms with Crippen LogP contribution in [0, 0.1) is 53.4 Å². The van der Waals surface area contributed by atoms with Crippen LogP contribution in [0.3, 0.4) is 0 Å². The van der Waals surface area contributed by atoms with E-state index >= 15 is 0 Å². The third-order valence-corrected chi connectivity index (χ3v) is 11.4. The highest BCUT2D eigenvalue weighted by molar-refractivity contribution is 6.00. The van der Waals surface area contributed by atoms with E-state index in [4.69, 9.17) is 9.40 Å². The average molecular weight is 763 g/mol. The van der Waals surface area contributed by atoms with E-state index in [1.807, 2.05) is 18.2 Å². The van der Waals surface area contributed by atoms with Gasteiger partial charge in [-0.15, -0.1) is 5.73 Å². The minimum Gasteiger partial charge on any atom is -0.456 e. The van der Waals surface area contributed by atoms with Gasteiger partial charge in [-0.25, -0.2) is 4.98 Å². The van der Waals surface area contributed by atoms with Gasteiger partial charge in [0.1, 0.15) is 11.2 Å². The second-order valence-corrected chi connectivity index (χ2v) is 15.8. The van der Waals surface area contributed by atoms with Crippen molar-refractivity contribution in [3.8, 4) is 45.2 Å². The Hall–Kier alpha value is -7.51. The van der Waals surface area contributed by atoms with Crippen LogP contribution in [0.4, 0.5) is 0 Å². The molecule has 0 spiro atoms. The summed E-state index contributed by atoms with van der Waals surface area (Å²) < 4.78 is 7.09. The summed E-state index contributed by atoms with van der Waals surface area (Å²) in [5, 5.41) is 0. The van der Waals surface area contributed by atoms with Crippen molar-refractivity contribution in [3.63, 3.8) is 0 Å². The molecular formula is C54H42N4O. The largest absolute Gasteiger partial charge is 0.456 e. The van der Waals surface area contributed by atoms with Gasteiger partial charge in [0, 0.05) is 27.8 Å². The minimum absolute atomic E-state index is 0.790. The maximum absolute atomic E-state index is 7.09. The molecule has 1 aliphatic heterocycles. The number of benzene rings is 3. The van der Waals surface area contributed by atoms with Gasteiger partial charge < -0.3 is 19.4 Å². The summed E-state index contributed by atoms with van der Waals surface area (Å²) in [5.74, 6) is 6.50. The van der Waals surface area contributed by atoms with Crippen LogP contribution in [0.5, 0.6) is 0 Å². The van der Waals surface area contributed by atoms with Gasteiger partial charge in [0.05, 0.1) is 44.5 Å². The zero-order valence-corrected chi connectivity index (χ0v) is 34.0. The van der Waals surface area contributed by atoms with Crippen molar-refractivity contribution >= 4 is 56.4 Å². The first-order valence-electron chi connectivity index (χ1n) is 20.0. The van der Waals surface area contributed by atoms with Crippen molar-refractivity contribution in [2.45, 2.75) is 41.5 Å². The van der Waals surface area contributed by atoms with Crippen molar-refractivity contribution < 1.29 is 4.42 Å². The van der Waals surface area contributed by atoms with Gasteiger partial charge >= 0.3 is 0 Å². The van der Waals surface area contributed by atoms with Crippen LogP contribution >= 0.6 is 0 Å². The predicted molar refractivity (Wildman–Crippen MR) is 246 cm³/mol. The number of hydrogen-bond donors (Lipinski definition) is 3. The lowest BCUT2D eigenvalue weighted by Crippen LogP contribution is -1.91. The molecule has 3 aromatic carbocycles. The topological polar surface area (TPSA) is 73.4 Å². The molecule has 10 bridgehead atoms. The predicted octanol–water partition coefficient (Wildman–Crippen LogP) is 13.9. The molecule has 0 saturated carbocycles. The minimum atomic E-state index is 0.790. The standard InChI is InChI=1S/C54H42N4O/c1-31-27-33(3)50(34(4)28-31)53-46-23-19-42(57-46)40-17-21-44(55-40)52(39-15-13-38(14-16-39)12-11-37-9-7-8-10-37)45-22-18-41(56-45)43-20-24-47(58-43)54(49-26-25-48(53)59-49)51-35(5)29-32(2)30-36(51)6/h7-9,13-30,55,57-58H,1-6H3. The van der Waals surface area contributed by atoms with Crippen molar-refractivity contribution in [1.82, 2.24) is 19.9 Å². The monoisotopic (exact) mass is 762 g/mol. The molecule has 284 valence electrons. The molecule has 5 aromatic heterocycles. The van der Waals surface area contributed by atoms with Crippen molar-refractivity contribution in [2.75, 3.05) is 0 Å². The summed E-state index contributed by atoms with van der Waals surface area (Å²) in [5.41, 5.74) is 27.7. The van der Waals surface area contributed by atoms with Gasteiger partial charge in [0.25, 0.3) is 0 Å². The SMILES string of the molecule is Cc1cc(C)c(-c2c3ccc([nH]3)c3nc(c(-c4ccc(C#CC5=C=CC=C5)cc4)c4ccc([nH]4)c4ccc([nH]4)c(-c4c(C)cc(C)cc4C)c4ccc2o4)C=C3)c(C)c1. The Labute approximate surface area is 343 Å². The smallest absolute Gasteiger partial charge is 0.137 e. The normalized spacial score (nSPS) is 12.4. The van der Waals surface area contributed by atoms with E-state index in [0.29, 0.717) is 0 Å². The molecule has 59 heavy (non-hydrogen) atoms. The molecular weight excluding hydrogens is 721 g/mol. The van der Waals surface area contributed by atoms with Crippen molar-refractivity contribution in [3.05, 3.63) is 177 Å². The van der Waals surface area contributed by atoms with Gasteiger partial charge in [-0.05, 0) is 165 Å². The molecule has 5 nitrogen and oxygen atoms in total. The molecule has 0 amide bonds. The van der Waals surface area contributed by atoms with Gasteiger partial charge in [0.2, 0.25) is 0 Å². The number of hydrogen-bond acceptors (Lipinski definition) is 2. The van der Waals surface area contributed by atoms with E-state index < -0.39 is 0 Å². The first-order valence-corrected chi connectivity index (χ1v) is 20.0. The van der Waals surface area contributed by atoms with Crippen LogP contribution < -0.4 is 0 Å². The van der Waals surface area contributed by atoms with E-state index in [0.717, 1.165) is 100 Å². The molecule has 0 saturated heterocycles. The Bertz CT molecular complexity index is 3380. The average Bonchev–Trinajstić information content (AvgIpc) is 4.06. The van der Waals surface area contributed by atoms with Crippen LogP contribution in [0.25, 0.3) is 89.8 Å². The third-order valence-electron chi connectivity index (χ3n) is 11.4. The number of fused-ring (bicyclic) bond motifs is 12. The molecule has 6 heterocycles. The summed E-state index contributed by atoms with van der Waals surface area (Å²) >= 11 is 0. The number of nitrogens with zero attached hydrogens (tertiary/aromatic N) is 1. The molecule has 0 atom stereocenters. The number of H-pyrrole nitrogens is 3. The Morgan fingerprint density at radius 2 is 0.966 bits per heavy atom. The highest BCUT2D eigenvalue weighted by Gasteiger charge is 2.19. The molecule has 1 aliphatic carbocycles. The summed E-state index contributed by atoms with van der Waals surface area (Å²) in [4.78, 5) is 16.6. The molecule has 2 aliphatic rings. The first-order chi connectivity index (χ1) is 28.7. The van der Waals surface area contributed by atoms with Crippen molar-refractivity contribution in [2.24, 2.45) is 0 Å². The highest BCUT2D eigenvalue weighted by Crippen LogP contribution is 2.40. The third kappa shape index (κ3) is 6.47. The highest BCUT2D eigenvalue weighted by atomic mass is 16.3. The lowest BCUT2D eigenvalue weighted by molar-refractivity contribution is 0.668. The lowest BCUT2D eigenvalue weighted by Gasteiger charge is -2.13. The molecule has 3 N–H and O–H groups in total. The number of aryl methyl sites for hydroxylation is 6. The van der Waals surface area contributed by atoms with E-state index in [1.54, 1.807) is 0 Å². The van der Waals surface area contributed by atoms with E-state index in [1.165, 1.54) is 33.4 Å². The number of furan rings is 1. The second kappa shape index (κ2) is 14.1. The van der Waals surface area contributed by atoms with Crippen LogP contribution in [-0.2, 0) is 0 Å². The molecule has 8 aromatic rings. The zero-order valence-electron chi connectivity index (χ0n) is 34.0. The summed E-state index contributed by atoms with van der Waals surface area (Å²) in [6.45, 7) is 13.1. The molecule has 0 fully saturated rings. The van der Waals surface area contributed by atoms with Crippen LogP contribution in [-0.4, -0.2) is 19.9 Å². The Kier molecular flexibility index (Phi) is 8.60. The van der Waals surface area contributed by atoms with Crippen LogP contribution in [0.15, 0.2) is 131 Å². The molecule has 0 unspecified atom stereocenters. The van der Waals surface area contributed by atoms with E-state index in [-0.39, 0.29) is 0 Å². The molecule has 0 radical (unpaired) electrons. The fourth-order valence-electron chi connectivity index (χ4n) is 8.98. The number of aromatic nitrogens is 4. The summed E-state index contributed by atoms with van der Waals surface area (Å²) in [6.07, 6.45) is 10.0. The number of rotatable bonds is 3. The fourth-order valence-corrected chi connectivity index (χ4v) is 8.98. The Morgan fingerprint density at radius 3 is 1.51 bits per heavy atom. The second-order valence-electron chi connectivity index (χ2n) is 15.8. The fraction of sp³-hybridized carbons (Fsp3) is 0.111. The van der Waals surface area contributed by atoms with Gasteiger partial charge in [-0.2, -0.15) is 0 Å². The number of allylic oxidation sites excluding steroid dienone is 3. The lowest BCUT2D eigenvalue weighted by atomic mass is 9.93. The maximum atomic E-state index is 7.09. The summed E-state index contributed by atoms with van der Waals surface area (Å²) in [7, 11) is 0. The number of aromatic amines is 3. The van der Waals surface area contributed by atoms with Gasteiger partial charge in [-0.3, -0.25) is 0 Å². The Morgan fingerprint density at radius 1 is 0.475 bits per heavy atom.